The number of methoxy groups -OCH3 is 1. The van der Waals surface area contributed by atoms with Gasteiger partial charge in [-0.25, -0.2) is 0 Å². The molecule has 1 aromatic heterocycles. The van der Waals surface area contributed by atoms with Crippen molar-refractivity contribution < 1.29 is 4.74 Å². The number of nitrogens with zero attached hydrogens (tertiary/aromatic N) is 2. The van der Waals surface area contributed by atoms with E-state index in [1.807, 2.05) is 35.9 Å². The van der Waals surface area contributed by atoms with Gasteiger partial charge in [0.25, 0.3) is 0 Å². The molecule has 1 atom stereocenters. The molecule has 0 saturated carbocycles. The third kappa shape index (κ3) is 3.45. The quantitative estimate of drug-likeness (QED) is 0.619. The van der Waals surface area contributed by atoms with Gasteiger partial charge in [0.05, 0.1) is 29.0 Å². The van der Waals surface area contributed by atoms with Crippen molar-refractivity contribution in [3.8, 4) is 5.75 Å². The standard InChI is InChI=1S/C15H21BrN4O/c1-4-20-14(15(16)10(2)19-20)9-13(18-17)11-5-7-12(21-3)8-6-11/h5-8,13,18H,4,9,17H2,1-3H3. The average molecular weight is 353 g/mol. The van der Waals surface area contributed by atoms with E-state index in [9.17, 15) is 0 Å². The molecule has 0 aliphatic heterocycles. The van der Waals surface area contributed by atoms with E-state index in [1.165, 1.54) is 0 Å². The fourth-order valence-corrected chi connectivity index (χ4v) is 2.81. The minimum atomic E-state index is 0.0219. The first kappa shape index (κ1) is 16.0. The Bertz CT molecular complexity index is 594. The van der Waals surface area contributed by atoms with Gasteiger partial charge in [-0.1, -0.05) is 12.1 Å². The number of nitrogens with two attached hydrogens (primary N) is 1. The smallest absolute Gasteiger partial charge is 0.118 e. The first-order chi connectivity index (χ1) is 10.1. The minimum Gasteiger partial charge on any atom is -0.497 e. The number of nitrogens with one attached hydrogen (secondary N) is 1. The molecule has 0 fully saturated rings. The third-order valence-electron chi connectivity index (χ3n) is 3.57. The molecule has 0 aliphatic rings. The van der Waals surface area contributed by atoms with Crippen LogP contribution in [0.15, 0.2) is 28.7 Å². The Morgan fingerprint density at radius 2 is 2.05 bits per heavy atom. The van der Waals surface area contributed by atoms with Crippen LogP contribution in [-0.4, -0.2) is 16.9 Å². The number of hydrazine groups is 1. The molecule has 6 heteroatoms. The van der Waals surface area contributed by atoms with E-state index in [1.54, 1.807) is 7.11 Å². The SMILES string of the molecule is CCn1nc(C)c(Br)c1CC(NN)c1ccc(OC)cc1. The van der Waals surface area contributed by atoms with Gasteiger partial charge in [0.15, 0.2) is 0 Å². The van der Waals surface area contributed by atoms with E-state index in [-0.39, 0.29) is 6.04 Å². The normalized spacial score (nSPS) is 12.4. The average Bonchev–Trinajstić information content (AvgIpc) is 2.80. The lowest BCUT2D eigenvalue weighted by Crippen LogP contribution is -2.30. The van der Waals surface area contributed by atoms with Gasteiger partial charge in [0.2, 0.25) is 0 Å². The van der Waals surface area contributed by atoms with Crippen LogP contribution in [0.2, 0.25) is 0 Å². The highest BCUT2D eigenvalue weighted by Gasteiger charge is 2.18. The van der Waals surface area contributed by atoms with Crippen LogP contribution in [0, 0.1) is 6.92 Å². The molecular formula is C15H21BrN4O. The van der Waals surface area contributed by atoms with E-state index < -0.39 is 0 Å². The Morgan fingerprint density at radius 1 is 1.38 bits per heavy atom. The number of ether oxygens (including phenoxy) is 1. The van der Waals surface area contributed by atoms with E-state index in [4.69, 9.17) is 10.6 Å². The Hall–Kier alpha value is -1.37. The summed E-state index contributed by atoms with van der Waals surface area (Å²) >= 11 is 3.62. The van der Waals surface area contributed by atoms with Crippen LogP contribution < -0.4 is 16.0 Å². The topological polar surface area (TPSA) is 65.1 Å². The molecule has 2 rings (SSSR count). The van der Waals surface area contributed by atoms with Crippen molar-refractivity contribution in [1.82, 2.24) is 15.2 Å². The maximum atomic E-state index is 5.75. The lowest BCUT2D eigenvalue weighted by Gasteiger charge is -2.17. The molecule has 21 heavy (non-hydrogen) atoms. The lowest BCUT2D eigenvalue weighted by molar-refractivity contribution is 0.414. The number of aryl methyl sites for hydroxylation is 2. The van der Waals surface area contributed by atoms with Crippen LogP contribution >= 0.6 is 15.9 Å². The summed E-state index contributed by atoms with van der Waals surface area (Å²) in [5.74, 6) is 6.58. The number of benzene rings is 1. The number of halogens is 1. The molecule has 1 aromatic carbocycles. The zero-order valence-electron chi connectivity index (χ0n) is 12.6. The Labute approximate surface area is 133 Å². The van der Waals surface area contributed by atoms with Gasteiger partial charge >= 0.3 is 0 Å². The van der Waals surface area contributed by atoms with Gasteiger partial charge < -0.3 is 4.74 Å². The predicted molar refractivity (Wildman–Crippen MR) is 87.1 cm³/mol. The summed E-state index contributed by atoms with van der Waals surface area (Å²) in [6, 6.07) is 7.95. The lowest BCUT2D eigenvalue weighted by atomic mass is 10.0. The van der Waals surface area contributed by atoms with Crippen LogP contribution in [0.3, 0.4) is 0 Å². The molecule has 0 spiro atoms. The van der Waals surface area contributed by atoms with Crippen molar-refractivity contribution in [2.45, 2.75) is 32.9 Å². The van der Waals surface area contributed by atoms with Gasteiger partial charge in [-0.05, 0) is 47.5 Å². The zero-order chi connectivity index (χ0) is 15.4. The molecule has 1 heterocycles. The van der Waals surface area contributed by atoms with Crippen molar-refractivity contribution in [2.24, 2.45) is 5.84 Å². The fraction of sp³-hybridized carbons (Fsp3) is 0.400. The highest BCUT2D eigenvalue weighted by atomic mass is 79.9. The number of aromatic nitrogens is 2. The van der Waals surface area contributed by atoms with E-state index in [2.05, 4.69) is 33.4 Å². The fourth-order valence-electron chi connectivity index (χ4n) is 2.37. The van der Waals surface area contributed by atoms with E-state index >= 15 is 0 Å². The number of hydrogen-bond donors (Lipinski definition) is 2. The highest BCUT2D eigenvalue weighted by Crippen LogP contribution is 2.27. The van der Waals surface area contributed by atoms with Gasteiger partial charge in [-0.15, -0.1) is 0 Å². The highest BCUT2D eigenvalue weighted by molar-refractivity contribution is 9.10. The van der Waals surface area contributed by atoms with Gasteiger partial charge in [-0.2, -0.15) is 5.10 Å². The first-order valence-electron chi connectivity index (χ1n) is 6.92. The van der Waals surface area contributed by atoms with Crippen molar-refractivity contribution in [3.05, 3.63) is 45.7 Å². The number of rotatable bonds is 6. The monoisotopic (exact) mass is 352 g/mol. The van der Waals surface area contributed by atoms with Crippen molar-refractivity contribution in [3.63, 3.8) is 0 Å². The molecule has 0 radical (unpaired) electrons. The van der Waals surface area contributed by atoms with E-state index in [0.29, 0.717) is 0 Å². The molecule has 0 saturated heterocycles. The van der Waals surface area contributed by atoms with E-state index in [0.717, 1.165) is 40.1 Å². The molecule has 1 unspecified atom stereocenters. The predicted octanol–water partition coefficient (Wildman–Crippen LogP) is 2.73. The maximum absolute atomic E-state index is 5.75. The minimum absolute atomic E-state index is 0.0219. The molecule has 114 valence electrons. The zero-order valence-corrected chi connectivity index (χ0v) is 14.1. The van der Waals surface area contributed by atoms with Crippen molar-refractivity contribution in [2.75, 3.05) is 7.11 Å². The van der Waals surface area contributed by atoms with Crippen LogP contribution in [0.1, 0.15) is 29.9 Å². The summed E-state index contributed by atoms with van der Waals surface area (Å²) in [4.78, 5) is 0. The van der Waals surface area contributed by atoms with Crippen molar-refractivity contribution >= 4 is 15.9 Å². The summed E-state index contributed by atoms with van der Waals surface area (Å²) in [6.07, 6.45) is 0.762. The van der Waals surface area contributed by atoms with Crippen LogP contribution in [0.25, 0.3) is 0 Å². The van der Waals surface area contributed by atoms with Crippen LogP contribution in [0.5, 0.6) is 5.75 Å². The summed E-state index contributed by atoms with van der Waals surface area (Å²) in [5.41, 5.74) is 6.15. The molecule has 0 amide bonds. The second kappa shape index (κ2) is 7.06. The van der Waals surface area contributed by atoms with Crippen LogP contribution in [0.4, 0.5) is 0 Å². The summed E-state index contributed by atoms with van der Waals surface area (Å²) < 4.78 is 8.25. The molecule has 2 aromatic rings. The maximum Gasteiger partial charge on any atom is 0.118 e. The number of hydrogen-bond acceptors (Lipinski definition) is 4. The third-order valence-corrected chi connectivity index (χ3v) is 4.60. The molecule has 0 aliphatic carbocycles. The second-order valence-electron chi connectivity index (χ2n) is 4.86. The molecule has 5 nitrogen and oxygen atoms in total. The van der Waals surface area contributed by atoms with Crippen LogP contribution in [-0.2, 0) is 13.0 Å². The second-order valence-corrected chi connectivity index (χ2v) is 5.65. The van der Waals surface area contributed by atoms with Gasteiger partial charge in [0.1, 0.15) is 5.75 Å². The first-order valence-corrected chi connectivity index (χ1v) is 7.71. The largest absolute Gasteiger partial charge is 0.497 e. The Kier molecular flexibility index (Phi) is 5.39. The molecule has 0 bridgehead atoms. The van der Waals surface area contributed by atoms with Gasteiger partial charge in [-0.3, -0.25) is 16.0 Å². The summed E-state index contributed by atoms with van der Waals surface area (Å²) in [7, 11) is 1.66. The molecular weight excluding hydrogens is 332 g/mol. The Morgan fingerprint density at radius 3 is 2.57 bits per heavy atom. The molecule has 3 N–H and O–H groups in total. The summed E-state index contributed by atoms with van der Waals surface area (Å²) in [5, 5.41) is 4.52. The summed E-state index contributed by atoms with van der Waals surface area (Å²) in [6.45, 7) is 4.92. The van der Waals surface area contributed by atoms with Crippen molar-refractivity contribution in [1.29, 1.82) is 0 Å². The Balaban J connectivity index is 2.26. The van der Waals surface area contributed by atoms with Gasteiger partial charge in [0, 0.05) is 13.0 Å².